The molecule has 9 heteroatoms. The summed E-state index contributed by atoms with van der Waals surface area (Å²) in [6, 6.07) is 14.4. The summed E-state index contributed by atoms with van der Waals surface area (Å²) in [5.74, 6) is 0. The summed E-state index contributed by atoms with van der Waals surface area (Å²) in [4.78, 5) is 5.51. The second-order valence-corrected chi connectivity index (χ2v) is 12.3. The first kappa shape index (κ1) is 26.6. The van der Waals surface area contributed by atoms with Crippen molar-refractivity contribution in [2.75, 3.05) is 48.8 Å². The number of rotatable bonds is 7. The maximum Gasteiger partial charge on any atom is 0.737 e. The van der Waals surface area contributed by atoms with Crippen LogP contribution < -0.4 is 15.1 Å². The maximum atomic E-state index is 16.4. The summed E-state index contributed by atoms with van der Waals surface area (Å²) in [6.07, 6.45) is 7.34. The quantitative estimate of drug-likeness (QED) is 0.315. The third-order valence-corrected chi connectivity index (χ3v) is 9.36. The normalized spacial score (nSPS) is 17.7. The first-order valence-corrected chi connectivity index (χ1v) is 14.8. The van der Waals surface area contributed by atoms with Crippen molar-refractivity contribution in [2.45, 2.75) is 33.6 Å². The van der Waals surface area contributed by atoms with Crippen molar-refractivity contribution in [3.8, 4) is 0 Å². The van der Waals surface area contributed by atoms with Gasteiger partial charge in [0, 0.05) is 67.6 Å². The van der Waals surface area contributed by atoms with E-state index in [1.54, 1.807) is 18.3 Å². The Kier molecular flexibility index (Phi) is 6.73. The molecule has 0 spiro atoms. The van der Waals surface area contributed by atoms with Crippen LogP contribution in [-0.2, 0) is 0 Å². The van der Waals surface area contributed by atoms with Gasteiger partial charge in [0.1, 0.15) is 0 Å². The number of hydrogen-bond donors (Lipinski definition) is 1. The second-order valence-electron chi connectivity index (χ2n) is 11.2. The van der Waals surface area contributed by atoms with Crippen LogP contribution in [0.15, 0.2) is 65.9 Å². The van der Waals surface area contributed by atoms with E-state index in [2.05, 4.69) is 45.4 Å². The molecule has 6 rings (SSSR count). The number of anilines is 3. The van der Waals surface area contributed by atoms with Gasteiger partial charge in [-0.2, -0.15) is 0 Å². The molecule has 0 fully saturated rings. The Morgan fingerprint density at radius 2 is 1.90 bits per heavy atom. The number of thiophene rings is 1. The van der Waals surface area contributed by atoms with Crippen molar-refractivity contribution in [2.24, 2.45) is 0 Å². The Bertz CT molecular complexity index is 1610. The molecule has 3 aliphatic heterocycles. The van der Waals surface area contributed by atoms with Gasteiger partial charge in [-0.15, -0.1) is 11.3 Å². The summed E-state index contributed by atoms with van der Waals surface area (Å²) in [6.45, 7) is 4.41. The molecule has 1 N–H and O–H groups in total. The van der Waals surface area contributed by atoms with Crippen LogP contribution in [0.3, 0.4) is 0 Å². The summed E-state index contributed by atoms with van der Waals surface area (Å²) in [5, 5.41) is 4.61. The zero-order valence-corrected chi connectivity index (χ0v) is 24.7. The zero-order valence-electron chi connectivity index (χ0n) is 23.8. The van der Waals surface area contributed by atoms with Gasteiger partial charge < -0.3 is 32.7 Å². The summed E-state index contributed by atoms with van der Waals surface area (Å²) in [5.41, 5.74) is 7.73. The van der Waals surface area contributed by atoms with Gasteiger partial charge in [-0.05, 0) is 81.3 Å². The first-order chi connectivity index (χ1) is 19.2. The van der Waals surface area contributed by atoms with E-state index in [0.717, 1.165) is 64.8 Å². The molecule has 0 bridgehead atoms. The second kappa shape index (κ2) is 10.1. The highest BCUT2D eigenvalue weighted by atomic mass is 32.1. The Morgan fingerprint density at radius 3 is 2.67 bits per heavy atom. The van der Waals surface area contributed by atoms with Crippen molar-refractivity contribution in [3.05, 3.63) is 87.7 Å². The molecule has 0 unspecified atom stereocenters. The number of nitrogens with zero attached hydrogens (tertiary/aromatic N) is 4. The highest BCUT2D eigenvalue weighted by molar-refractivity contribution is 7.16. The molecular weight excluding hydrogens is 523 g/mol. The number of aryl methyl sites for hydroxylation is 2. The third kappa shape index (κ3) is 4.40. The van der Waals surface area contributed by atoms with E-state index in [1.165, 1.54) is 14.7 Å². The van der Waals surface area contributed by atoms with Gasteiger partial charge in [0.25, 0.3) is 0 Å². The lowest BCUT2D eigenvalue weighted by Crippen LogP contribution is -2.51. The predicted molar refractivity (Wildman–Crippen MR) is 167 cm³/mol. The molecule has 2 aromatic heterocycles. The lowest BCUT2D eigenvalue weighted by molar-refractivity contribution is -0.362. The number of benzene rings is 1. The Hall–Kier alpha value is -3.59. The molecular formula is C31H36BF2N5S. The highest BCUT2D eigenvalue weighted by Gasteiger charge is 2.55. The van der Waals surface area contributed by atoms with Gasteiger partial charge in [-0.25, -0.2) is 0 Å². The minimum atomic E-state index is -4.04. The van der Waals surface area contributed by atoms with Gasteiger partial charge in [0.15, 0.2) is 11.4 Å². The van der Waals surface area contributed by atoms with Crippen LogP contribution in [0.25, 0.3) is 11.6 Å². The Morgan fingerprint density at radius 1 is 1.10 bits per heavy atom. The molecule has 0 amide bonds. The van der Waals surface area contributed by atoms with Crippen molar-refractivity contribution < 1.29 is 13.1 Å². The smallest absolute Gasteiger partial charge is 0.394 e. The number of para-hydroxylation sites is 2. The van der Waals surface area contributed by atoms with Crippen LogP contribution >= 0.6 is 11.3 Å². The molecule has 0 aliphatic carbocycles. The molecule has 5 heterocycles. The van der Waals surface area contributed by atoms with Crippen LogP contribution in [0.2, 0.25) is 0 Å². The lowest BCUT2D eigenvalue weighted by Gasteiger charge is -2.35. The predicted octanol–water partition coefficient (Wildman–Crippen LogP) is 7.02. The van der Waals surface area contributed by atoms with Crippen LogP contribution in [0.1, 0.15) is 41.6 Å². The van der Waals surface area contributed by atoms with Gasteiger partial charge in [0.2, 0.25) is 0 Å². The molecule has 0 atom stereocenters. The summed E-state index contributed by atoms with van der Waals surface area (Å²) in [7, 11) is 4.01. The van der Waals surface area contributed by atoms with Crippen LogP contribution in [0.5, 0.6) is 0 Å². The SMILES string of the molecule is CC1=CC(/C=C/c2ccc(N(C)C)s2)=[N+]2C1=C(CCCN1CCNc3ccccc31)c1c(C)cc(C)n1[B-]2(F)F. The van der Waals surface area contributed by atoms with E-state index in [4.69, 9.17) is 0 Å². The number of allylic oxidation sites excluding steroid dienone is 4. The zero-order chi connectivity index (χ0) is 28.2. The fraction of sp³-hybridized carbons (Fsp3) is 0.323. The van der Waals surface area contributed by atoms with Crippen molar-refractivity contribution >= 4 is 52.0 Å². The number of nitrogens with one attached hydrogen (secondary N) is 1. The van der Waals surface area contributed by atoms with Crippen LogP contribution in [-0.4, -0.2) is 55.4 Å². The standard InChI is InChI=1S/C31H36BF2N5S/c1-21-19-23(3)38-30(21)26(9-8-17-37-18-16-35-27-10-6-7-11-28(27)37)31-22(2)20-24(39(31)32(38,33)34)12-13-25-14-15-29(40-25)36(4)5/h6-7,10-15,19-20,35H,8-9,16-18H2,1-5H3/b13-12+. The van der Waals surface area contributed by atoms with E-state index in [9.17, 15) is 0 Å². The molecule has 3 aromatic rings. The van der Waals surface area contributed by atoms with Crippen molar-refractivity contribution in [1.29, 1.82) is 0 Å². The van der Waals surface area contributed by atoms with Gasteiger partial charge in [-0.3, -0.25) is 0 Å². The monoisotopic (exact) mass is 559 g/mol. The molecule has 208 valence electrons. The van der Waals surface area contributed by atoms with E-state index in [1.807, 2.05) is 58.3 Å². The number of aromatic nitrogens is 1. The molecule has 1 aromatic carbocycles. The van der Waals surface area contributed by atoms with Crippen molar-refractivity contribution in [1.82, 2.24) is 4.48 Å². The molecule has 5 nitrogen and oxygen atoms in total. The highest BCUT2D eigenvalue weighted by Crippen LogP contribution is 2.43. The van der Waals surface area contributed by atoms with Gasteiger partial charge in [-0.1, -0.05) is 12.1 Å². The lowest BCUT2D eigenvalue weighted by atomic mass is 9.84. The fourth-order valence-corrected chi connectivity index (χ4v) is 7.29. The minimum absolute atomic E-state index is 0.544. The minimum Gasteiger partial charge on any atom is -0.394 e. The van der Waals surface area contributed by atoms with Crippen molar-refractivity contribution in [3.63, 3.8) is 0 Å². The largest absolute Gasteiger partial charge is 0.737 e. The number of fused-ring (bicyclic) bond motifs is 3. The number of hydrogen-bond acceptors (Lipinski definition) is 4. The maximum absolute atomic E-state index is 16.4. The topological polar surface area (TPSA) is 26.4 Å². The Labute approximate surface area is 239 Å². The Balaban J connectivity index is 1.37. The van der Waals surface area contributed by atoms with E-state index in [-0.39, 0.29) is 0 Å². The van der Waals surface area contributed by atoms with E-state index in [0.29, 0.717) is 22.8 Å². The van der Waals surface area contributed by atoms with E-state index < -0.39 is 6.97 Å². The molecule has 40 heavy (non-hydrogen) atoms. The van der Waals surface area contributed by atoms with Gasteiger partial charge in [0.05, 0.1) is 16.4 Å². The van der Waals surface area contributed by atoms with Crippen LogP contribution in [0, 0.1) is 13.8 Å². The first-order valence-electron chi connectivity index (χ1n) is 14.0. The fourth-order valence-electron chi connectivity index (χ4n) is 6.45. The number of halogens is 2. The average Bonchev–Trinajstić information content (AvgIpc) is 3.61. The van der Waals surface area contributed by atoms with Crippen LogP contribution in [0.4, 0.5) is 25.0 Å². The van der Waals surface area contributed by atoms with Gasteiger partial charge >= 0.3 is 6.97 Å². The molecule has 0 radical (unpaired) electrons. The average molecular weight is 560 g/mol. The third-order valence-electron chi connectivity index (χ3n) is 8.14. The van der Waals surface area contributed by atoms with E-state index >= 15 is 8.63 Å². The summed E-state index contributed by atoms with van der Waals surface area (Å²) >= 11 is 1.65. The molecule has 0 saturated carbocycles. The molecule has 3 aliphatic rings. The summed E-state index contributed by atoms with van der Waals surface area (Å²) < 4.78 is 35.5. The molecule has 0 saturated heterocycles.